The van der Waals surface area contributed by atoms with Gasteiger partial charge in [0.2, 0.25) is 11.8 Å². The number of nitrogens with one attached hydrogen (secondary N) is 1. The standard InChI is InChI=1S/C35H41Cl2N3O4/c1-21-8-7-11-24(22(21)2)16-28(41)32-35-13-12-29(44-35)30(33(42)38-27-18-25(36)17-26(37)19-27)31(35)34(43)40(32)15-14-39(3)20-23-9-5-4-6-10-23/h4-6,9-10,12-13,17-19,21-22,24,29-32H,7-8,11,14-16,20H2,1-3H3,(H,38,42). The first-order valence-electron chi connectivity index (χ1n) is 15.8. The topological polar surface area (TPSA) is 79.0 Å². The Balaban J connectivity index is 1.27. The van der Waals surface area contributed by atoms with Crippen molar-refractivity contribution in [2.24, 2.45) is 29.6 Å². The van der Waals surface area contributed by atoms with E-state index in [1.54, 1.807) is 23.1 Å². The molecule has 6 rings (SSSR count). The maximum atomic E-state index is 14.4. The van der Waals surface area contributed by atoms with Crippen molar-refractivity contribution in [2.75, 3.05) is 25.5 Å². The van der Waals surface area contributed by atoms with Crippen LogP contribution in [0.5, 0.6) is 0 Å². The van der Waals surface area contributed by atoms with Crippen LogP contribution in [0.2, 0.25) is 10.0 Å². The van der Waals surface area contributed by atoms with Crippen molar-refractivity contribution in [1.82, 2.24) is 9.80 Å². The average molecular weight is 639 g/mol. The Bertz CT molecular complexity index is 1430. The van der Waals surface area contributed by atoms with Gasteiger partial charge in [-0.2, -0.15) is 0 Å². The third-order valence-corrected chi connectivity index (χ3v) is 10.9. The van der Waals surface area contributed by atoms with E-state index in [4.69, 9.17) is 27.9 Å². The summed E-state index contributed by atoms with van der Waals surface area (Å²) >= 11 is 12.4. The van der Waals surface area contributed by atoms with Gasteiger partial charge in [-0.15, -0.1) is 0 Å². The number of anilines is 1. The maximum Gasteiger partial charge on any atom is 0.231 e. The molecule has 8 atom stereocenters. The van der Waals surface area contributed by atoms with E-state index >= 15 is 0 Å². The van der Waals surface area contributed by atoms with Gasteiger partial charge in [0.25, 0.3) is 0 Å². The SMILES string of the molecule is CC1CCCC(CC(=O)C2N(CCN(C)Cc3ccccc3)C(=O)C3C(C(=O)Nc4cc(Cl)cc(Cl)c4)C4C=CC32O4)C1C. The van der Waals surface area contributed by atoms with Crippen LogP contribution in [0, 0.1) is 29.6 Å². The molecule has 2 saturated heterocycles. The number of carbonyl (C=O) groups excluding carboxylic acids is 3. The van der Waals surface area contributed by atoms with Crippen LogP contribution in [-0.2, 0) is 25.7 Å². The molecule has 4 aliphatic rings. The number of hydrogen-bond donors (Lipinski definition) is 1. The Hall–Kier alpha value is -2.71. The fourth-order valence-electron chi connectivity index (χ4n) is 8.04. The van der Waals surface area contributed by atoms with Crippen LogP contribution in [-0.4, -0.2) is 65.3 Å². The molecule has 234 valence electrons. The monoisotopic (exact) mass is 637 g/mol. The number of carbonyl (C=O) groups is 3. The summed E-state index contributed by atoms with van der Waals surface area (Å²) in [5.41, 5.74) is 0.467. The first-order chi connectivity index (χ1) is 21.1. The summed E-state index contributed by atoms with van der Waals surface area (Å²) in [6.07, 6.45) is 6.88. The van der Waals surface area contributed by atoms with Crippen molar-refractivity contribution in [3.8, 4) is 0 Å². The summed E-state index contributed by atoms with van der Waals surface area (Å²) in [7, 11) is 2.02. The number of halogens is 2. The van der Waals surface area contributed by atoms with E-state index in [0.717, 1.165) is 19.4 Å². The lowest BCUT2D eigenvalue weighted by Gasteiger charge is -2.37. The number of amides is 2. The van der Waals surface area contributed by atoms with Crippen molar-refractivity contribution in [2.45, 2.75) is 63.8 Å². The second-order valence-electron chi connectivity index (χ2n) is 13.3. The van der Waals surface area contributed by atoms with Crippen LogP contribution in [0.15, 0.2) is 60.7 Å². The van der Waals surface area contributed by atoms with Gasteiger partial charge in [0.15, 0.2) is 5.78 Å². The van der Waals surface area contributed by atoms with Gasteiger partial charge in [-0.3, -0.25) is 14.4 Å². The molecule has 1 aliphatic carbocycles. The fraction of sp³-hybridized carbons (Fsp3) is 0.514. The normalized spacial score (nSPS) is 32.4. The largest absolute Gasteiger partial charge is 0.359 e. The zero-order valence-electron chi connectivity index (χ0n) is 25.5. The highest BCUT2D eigenvalue weighted by atomic mass is 35.5. The number of hydrogen-bond acceptors (Lipinski definition) is 5. The molecular formula is C35H41Cl2N3O4. The molecular weight excluding hydrogens is 597 g/mol. The molecule has 2 aromatic rings. The molecule has 3 aliphatic heterocycles. The van der Waals surface area contributed by atoms with Crippen LogP contribution in [0.25, 0.3) is 0 Å². The summed E-state index contributed by atoms with van der Waals surface area (Å²) in [6.45, 7) is 6.19. The number of likely N-dealkylation sites (N-methyl/N-ethyl adjacent to an activating group) is 1. The zero-order chi connectivity index (χ0) is 31.2. The molecule has 0 aromatic heterocycles. The van der Waals surface area contributed by atoms with Gasteiger partial charge in [-0.1, -0.05) is 92.4 Å². The lowest BCUT2D eigenvalue weighted by Crippen LogP contribution is -2.52. The second-order valence-corrected chi connectivity index (χ2v) is 14.2. The molecule has 9 heteroatoms. The minimum absolute atomic E-state index is 0.0329. The Morgan fingerprint density at radius 1 is 1.09 bits per heavy atom. The van der Waals surface area contributed by atoms with E-state index in [9.17, 15) is 14.4 Å². The summed E-state index contributed by atoms with van der Waals surface area (Å²) in [6, 6.07) is 14.2. The minimum Gasteiger partial charge on any atom is -0.359 e. The smallest absolute Gasteiger partial charge is 0.231 e. The molecule has 1 N–H and O–H groups in total. The quantitative estimate of drug-likeness (QED) is 0.312. The summed E-state index contributed by atoms with van der Waals surface area (Å²) < 4.78 is 6.56. The molecule has 3 fully saturated rings. The number of ether oxygens (including phenoxy) is 1. The number of fused-ring (bicyclic) bond motifs is 1. The molecule has 8 unspecified atom stereocenters. The van der Waals surface area contributed by atoms with E-state index in [2.05, 4.69) is 36.2 Å². The molecule has 3 heterocycles. The number of nitrogens with zero attached hydrogens (tertiary/aromatic N) is 2. The molecule has 44 heavy (non-hydrogen) atoms. The minimum atomic E-state index is -1.16. The number of benzene rings is 2. The summed E-state index contributed by atoms with van der Waals surface area (Å²) in [5.74, 6) is -0.807. The molecule has 2 bridgehead atoms. The lowest BCUT2D eigenvalue weighted by atomic mass is 9.69. The number of rotatable bonds is 10. The van der Waals surface area contributed by atoms with Crippen molar-refractivity contribution >= 4 is 46.5 Å². The Morgan fingerprint density at radius 3 is 2.55 bits per heavy atom. The second kappa shape index (κ2) is 12.6. The lowest BCUT2D eigenvalue weighted by molar-refractivity contribution is -0.141. The number of Topliss-reactive ketones (excluding diaryl/α,β-unsaturated/α-hetero) is 1. The third kappa shape index (κ3) is 5.84. The molecule has 1 spiro atoms. The maximum absolute atomic E-state index is 14.4. The fourth-order valence-corrected chi connectivity index (χ4v) is 8.57. The van der Waals surface area contributed by atoms with Crippen molar-refractivity contribution in [3.05, 3.63) is 76.3 Å². The highest BCUT2D eigenvalue weighted by molar-refractivity contribution is 6.35. The Kier molecular flexibility index (Phi) is 8.95. The van der Waals surface area contributed by atoms with Gasteiger partial charge in [-0.25, -0.2) is 0 Å². The van der Waals surface area contributed by atoms with Crippen LogP contribution >= 0.6 is 23.2 Å². The highest BCUT2D eigenvalue weighted by Crippen LogP contribution is 2.56. The predicted molar refractivity (Wildman–Crippen MR) is 172 cm³/mol. The van der Waals surface area contributed by atoms with Gasteiger partial charge in [0.1, 0.15) is 11.6 Å². The Morgan fingerprint density at radius 2 is 1.82 bits per heavy atom. The van der Waals surface area contributed by atoms with Crippen LogP contribution in [0.3, 0.4) is 0 Å². The van der Waals surface area contributed by atoms with E-state index in [0.29, 0.717) is 47.1 Å². The van der Waals surface area contributed by atoms with Gasteiger partial charge < -0.3 is 19.9 Å². The molecule has 0 radical (unpaired) electrons. The summed E-state index contributed by atoms with van der Waals surface area (Å²) in [4.78, 5) is 46.4. The van der Waals surface area contributed by atoms with E-state index in [1.165, 1.54) is 12.0 Å². The summed E-state index contributed by atoms with van der Waals surface area (Å²) in [5, 5.41) is 3.70. The van der Waals surface area contributed by atoms with Crippen LogP contribution in [0.4, 0.5) is 5.69 Å². The molecule has 2 aromatic carbocycles. The highest BCUT2D eigenvalue weighted by Gasteiger charge is 2.72. The van der Waals surface area contributed by atoms with Gasteiger partial charge >= 0.3 is 0 Å². The third-order valence-electron chi connectivity index (χ3n) is 10.5. The number of likely N-dealkylation sites (tertiary alicyclic amines) is 1. The van der Waals surface area contributed by atoms with E-state index in [-0.39, 0.29) is 23.5 Å². The Labute approximate surface area is 269 Å². The van der Waals surface area contributed by atoms with Crippen molar-refractivity contribution in [1.29, 1.82) is 0 Å². The van der Waals surface area contributed by atoms with E-state index < -0.39 is 29.6 Å². The van der Waals surface area contributed by atoms with Gasteiger partial charge in [0, 0.05) is 41.8 Å². The number of ketones is 1. The zero-order valence-corrected chi connectivity index (χ0v) is 27.1. The molecule has 7 nitrogen and oxygen atoms in total. The first-order valence-corrected chi connectivity index (χ1v) is 16.5. The van der Waals surface area contributed by atoms with E-state index in [1.807, 2.05) is 37.4 Å². The van der Waals surface area contributed by atoms with Gasteiger partial charge in [0.05, 0.1) is 17.9 Å². The average Bonchev–Trinajstić information content (AvgIpc) is 3.61. The van der Waals surface area contributed by atoms with Gasteiger partial charge in [-0.05, 0) is 55.0 Å². The van der Waals surface area contributed by atoms with Crippen molar-refractivity contribution < 1.29 is 19.1 Å². The molecule has 1 saturated carbocycles. The van der Waals surface area contributed by atoms with Crippen LogP contribution in [0.1, 0.15) is 45.1 Å². The molecule has 2 amide bonds. The van der Waals surface area contributed by atoms with Crippen molar-refractivity contribution in [3.63, 3.8) is 0 Å². The van der Waals surface area contributed by atoms with Crippen LogP contribution < -0.4 is 5.32 Å². The predicted octanol–water partition coefficient (Wildman–Crippen LogP) is 6.25. The first kappa shape index (κ1) is 31.3.